The number of nitrogens with one attached hydrogen (secondary N) is 2. The third-order valence-electron chi connectivity index (χ3n) is 3.94. The standard InChI is InChI=1S/C21H18ClN3O2/c1-14(26)16-4-8-18(9-5-16)25-19-10-11-20(23-13-19)21(27)24-12-15-2-6-17(22)7-3-15/h2-11,13,25H,12H2,1H3,(H,24,27). The molecule has 0 fully saturated rings. The van der Waals surface area contributed by atoms with E-state index < -0.39 is 0 Å². The van der Waals surface area contributed by atoms with E-state index in [1.54, 1.807) is 42.6 Å². The Balaban J connectivity index is 1.58. The van der Waals surface area contributed by atoms with E-state index in [1.165, 1.54) is 6.92 Å². The van der Waals surface area contributed by atoms with E-state index in [-0.39, 0.29) is 11.7 Å². The Labute approximate surface area is 162 Å². The lowest BCUT2D eigenvalue weighted by atomic mass is 10.1. The van der Waals surface area contributed by atoms with Crippen LogP contribution in [0.25, 0.3) is 0 Å². The van der Waals surface area contributed by atoms with Crippen LogP contribution < -0.4 is 10.6 Å². The van der Waals surface area contributed by atoms with Crippen LogP contribution in [0, 0.1) is 0 Å². The van der Waals surface area contributed by atoms with E-state index in [0.29, 0.717) is 22.8 Å². The number of anilines is 2. The number of carbonyl (C=O) groups excluding carboxylic acids is 2. The third kappa shape index (κ3) is 5.15. The first kappa shape index (κ1) is 18.6. The van der Waals surface area contributed by atoms with Gasteiger partial charge in [-0.25, -0.2) is 4.98 Å². The number of halogens is 1. The van der Waals surface area contributed by atoms with Crippen LogP contribution in [0.3, 0.4) is 0 Å². The van der Waals surface area contributed by atoms with E-state index >= 15 is 0 Å². The molecule has 1 heterocycles. The average Bonchev–Trinajstić information content (AvgIpc) is 2.68. The highest BCUT2D eigenvalue weighted by Crippen LogP contribution is 2.17. The summed E-state index contributed by atoms with van der Waals surface area (Å²) in [5.74, 6) is -0.223. The van der Waals surface area contributed by atoms with Gasteiger partial charge in [0.2, 0.25) is 0 Å². The van der Waals surface area contributed by atoms with Gasteiger partial charge < -0.3 is 10.6 Å². The molecule has 0 saturated carbocycles. The molecule has 0 radical (unpaired) electrons. The predicted octanol–water partition coefficient (Wildman–Crippen LogP) is 4.61. The van der Waals surface area contributed by atoms with E-state index in [9.17, 15) is 9.59 Å². The Bertz CT molecular complexity index is 937. The molecule has 0 unspecified atom stereocenters. The van der Waals surface area contributed by atoms with Gasteiger partial charge in [0, 0.05) is 22.8 Å². The molecule has 1 aromatic heterocycles. The van der Waals surface area contributed by atoms with E-state index in [4.69, 9.17) is 11.6 Å². The second kappa shape index (κ2) is 8.47. The fourth-order valence-electron chi connectivity index (χ4n) is 2.43. The van der Waals surface area contributed by atoms with Crippen LogP contribution in [0.5, 0.6) is 0 Å². The number of carbonyl (C=O) groups is 2. The highest BCUT2D eigenvalue weighted by Gasteiger charge is 2.07. The molecule has 0 atom stereocenters. The molecule has 0 saturated heterocycles. The van der Waals surface area contributed by atoms with Gasteiger partial charge in [0.05, 0.1) is 11.9 Å². The van der Waals surface area contributed by atoms with Gasteiger partial charge in [0.25, 0.3) is 5.91 Å². The van der Waals surface area contributed by atoms with Gasteiger partial charge >= 0.3 is 0 Å². The Morgan fingerprint density at radius 3 is 2.19 bits per heavy atom. The van der Waals surface area contributed by atoms with Crippen molar-refractivity contribution in [1.82, 2.24) is 10.3 Å². The van der Waals surface area contributed by atoms with Crippen molar-refractivity contribution in [2.24, 2.45) is 0 Å². The van der Waals surface area contributed by atoms with Gasteiger partial charge in [-0.1, -0.05) is 23.7 Å². The molecule has 0 spiro atoms. The van der Waals surface area contributed by atoms with Crippen molar-refractivity contribution < 1.29 is 9.59 Å². The highest BCUT2D eigenvalue weighted by atomic mass is 35.5. The number of pyridine rings is 1. The monoisotopic (exact) mass is 379 g/mol. The van der Waals surface area contributed by atoms with Crippen molar-refractivity contribution in [2.45, 2.75) is 13.5 Å². The van der Waals surface area contributed by atoms with Crippen molar-refractivity contribution in [2.75, 3.05) is 5.32 Å². The van der Waals surface area contributed by atoms with Gasteiger partial charge in [0.1, 0.15) is 5.69 Å². The molecule has 27 heavy (non-hydrogen) atoms. The maximum Gasteiger partial charge on any atom is 0.270 e. The quantitative estimate of drug-likeness (QED) is 0.613. The number of hydrogen-bond donors (Lipinski definition) is 2. The summed E-state index contributed by atoms with van der Waals surface area (Å²) in [6, 6.07) is 17.9. The van der Waals surface area contributed by atoms with Gasteiger partial charge in [-0.05, 0) is 61.0 Å². The summed E-state index contributed by atoms with van der Waals surface area (Å²) in [6.07, 6.45) is 1.59. The van der Waals surface area contributed by atoms with Gasteiger partial charge in [-0.15, -0.1) is 0 Å². The molecule has 3 rings (SSSR count). The Morgan fingerprint density at radius 2 is 1.59 bits per heavy atom. The lowest BCUT2D eigenvalue weighted by molar-refractivity contribution is 0.0945. The minimum Gasteiger partial charge on any atom is -0.354 e. The van der Waals surface area contributed by atoms with Crippen molar-refractivity contribution in [1.29, 1.82) is 0 Å². The molecule has 5 nitrogen and oxygen atoms in total. The normalized spacial score (nSPS) is 10.3. The zero-order valence-corrected chi connectivity index (χ0v) is 15.5. The molecule has 0 aliphatic rings. The summed E-state index contributed by atoms with van der Waals surface area (Å²) < 4.78 is 0. The van der Waals surface area contributed by atoms with E-state index in [2.05, 4.69) is 15.6 Å². The molecule has 136 valence electrons. The van der Waals surface area contributed by atoms with Crippen molar-refractivity contribution in [3.8, 4) is 0 Å². The van der Waals surface area contributed by atoms with Crippen LogP contribution in [0.4, 0.5) is 11.4 Å². The molecule has 0 bridgehead atoms. The van der Waals surface area contributed by atoms with E-state index in [0.717, 1.165) is 16.9 Å². The molecule has 2 N–H and O–H groups in total. The SMILES string of the molecule is CC(=O)c1ccc(Nc2ccc(C(=O)NCc3ccc(Cl)cc3)nc2)cc1. The first-order valence-electron chi connectivity index (χ1n) is 8.38. The minimum atomic E-state index is -0.248. The van der Waals surface area contributed by atoms with Crippen molar-refractivity contribution in [3.05, 3.63) is 88.7 Å². The number of ketones is 1. The third-order valence-corrected chi connectivity index (χ3v) is 4.19. The van der Waals surface area contributed by atoms with Gasteiger partial charge in [-0.2, -0.15) is 0 Å². The summed E-state index contributed by atoms with van der Waals surface area (Å²) in [4.78, 5) is 27.7. The molecule has 1 amide bonds. The van der Waals surface area contributed by atoms with Gasteiger partial charge in [-0.3, -0.25) is 9.59 Å². The Hall–Kier alpha value is -3.18. The first-order chi connectivity index (χ1) is 13.0. The summed E-state index contributed by atoms with van der Waals surface area (Å²) in [5.41, 5.74) is 3.54. The van der Waals surface area contributed by atoms with Gasteiger partial charge in [0.15, 0.2) is 5.78 Å². The number of Topliss-reactive ketones (excluding diaryl/α,β-unsaturated/α-hetero) is 1. The Morgan fingerprint density at radius 1 is 0.926 bits per heavy atom. The molecule has 6 heteroatoms. The van der Waals surface area contributed by atoms with Crippen molar-refractivity contribution in [3.63, 3.8) is 0 Å². The second-order valence-electron chi connectivity index (χ2n) is 6.00. The number of hydrogen-bond acceptors (Lipinski definition) is 4. The lowest BCUT2D eigenvalue weighted by Gasteiger charge is -2.08. The minimum absolute atomic E-state index is 0.0252. The van der Waals surface area contributed by atoms with Crippen LogP contribution >= 0.6 is 11.6 Å². The number of nitrogens with zero attached hydrogens (tertiary/aromatic N) is 1. The summed E-state index contributed by atoms with van der Waals surface area (Å²) in [7, 11) is 0. The van der Waals surface area contributed by atoms with Crippen molar-refractivity contribution >= 4 is 34.7 Å². The van der Waals surface area contributed by atoms with Crippen LogP contribution in [-0.4, -0.2) is 16.7 Å². The summed E-state index contributed by atoms with van der Waals surface area (Å²) >= 11 is 5.85. The first-order valence-corrected chi connectivity index (χ1v) is 8.76. The molecule has 0 aliphatic heterocycles. The maximum absolute atomic E-state index is 12.2. The van der Waals surface area contributed by atoms with Crippen LogP contribution in [0.15, 0.2) is 66.9 Å². The van der Waals surface area contributed by atoms with Crippen LogP contribution in [0.1, 0.15) is 33.3 Å². The smallest absolute Gasteiger partial charge is 0.270 e. The fraction of sp³-hybridized carbons (Fsp3) is 0.0952. The van der Waals surface area contributed by atoms with Crippen LogP contribution in [-0.2, 0) is 6.54 Å². The number of benzene rings is 2. The Kier molecular flexibility index (Phi) is 5.84. The number of amides is 1. The summed E-state index contributed by atoms with van der Waals surface area (Å²) in [6.45, 7) is 1.93. The predicted molar refractivity (Wildman–Crippen MR) is 107 cm³/mol. The topological polar surface area (TPSA) is 71.1 Å². The molecular formula is C21H18ClN3O2. The second-order valence-corrected chi connectivity index (χ2v) is 6.44. The zero-order valence-electron chi connectivity index (χ0n) is 14.7. The number of rotatable bonds is 6. The van der Waals surface area contributed by atoms with Crippen LogP contribution in [0.2, 0.25) is 5.02 Å². The summed E-state index contributed by atoms with van der Waals surface area (Å²) in [5, 5.41) is 6.66. The molecule has 2 aromatic carbocycles. The maximum atomic E-state index is 12.2. The zero-order chi connectivity index (χ0) is 19.2. The highest BCUT2D eigenvalue weighted by molar-refractivity contribution is 6.30. The lowest BCUT2D eigenvalue weighted by Crippen LogP contribution is -2.23. The fourth-order valence-corrected chi connectivity index (χ4v) is 2.56. The van der Waals surface area contributed by atoms with E-state index in [1.807, 2.05) is 24.3 Å². The molecular weight excluding hydrogens is 362 g/mol. The molecule has 3 aromatic rings. The number of aromatic nitrogens is 1. The molecule has 0 aliphatic carbocycles. The average molecular weight is 380 g/mol. The largest absolute Gasteiger partial charge is 0.354 e.